The summed E-state index contributed by atoms with van der Waals surface area (Å²) in [5, 5.41) is 3.79. The van der Waals surface area contributed by atoms with Crippen LogP contribution in [0.3, 0.4) is 0 Å². The number of carbonyl (C=O) groups is 1. The van der Waals surface area contributed by atoms with Crippen LogP contribution in [-0.2, 0) is 0 Å². The van der Waals surface area contributed by atoms with Gasteiger partial charge in [-0.2, -0.15) is 0 Å². The lowest BCUT2D eigenvalue weighted by molar-refractivity contribution is 0.0945. The number of hydrogen-bond donors (Lipinski definition) is 1. The first-order chi connectivity index (χ1) is 12.0. The third-order valence-electron chi connectivity index (χ3n) is 3.82. The van der Waals surface area contributed by atoms with Crippen LogP contribution in [0.25, 0.3) is 22.2 Å². The molecule has 1 amide bonds. The molecule has 0 aliphatic heterocycles. The second-order valence-corrected chi connectivity index (χ2v) is 6.99. The first kappa shape index (κ1) is 17.4. The molecule has 3 aromatic rings. The predicted octanol–water partition coefficient (Wildman–Crippen LogP) is 4.81. The summed E-state index contributed by atoms with van der Waals surface area (Å²) in [5.41, 5.74) is 3.09. The molecule has 0 radical (unpaired) electrons. The molecule has 0 atom stereocenters. The summed E-state index contributed by atoms with van der Waals surface area (Å²) in [4.78, 5) is 17.4. The predicted molar refractivity (Wildman–Crippen MR) is 104 cm³/mol. The van der Waals surface area contributed by atoms with Gasteiger partial charge >= 0.3 is 0 Å². The number of carbonyl (C=O) groups excluding carboxylic acids is 1. The van der Waals surface area contributed by atoms with Crippen molar-refractivity contribution in [3.8, 4) is 17.0 Å². The van der Waals surface area contributed by atoms with E-state index in [4.69, 9.17) is 9.72 Å². The number of pyridine rings is 1. The minimum Gasteiger partial charge on any atom is -0.497 e. The third-order valence-corrected chi connectivity index (χ3v) is 4.31. The highest BCUT2D eigenvalue weighted by Crippen LogP contribution is 2.28. The Morgan fingerprint density at radius 2 is 1.84 bits per heavy atom. The van der Waals surface area contributed by atoms with Crippen LogP contribution in [0, 0.1) is 0 Å². The molecular formula is C20H19BrN2O2. The molecule has 3 rings (SSSR count). The van der Waals surface area contributed by atoms with Crippen molar-refractivity contribution in [2.45, 2.75) is 19.9 Å². The van der Waals surface area contributed by atoms with E-state index in [2.05, 4.69) is 21.2 Å². The molecule has 2 aromatic carbocycles. The van der Waals surface area contributed by atoms with Gasteiger partial charge in [-0.1, -0.05) is 15.9 Å². The average molecular weight is 399 g/mol. The highest BCUT2D eigenvalue weighted by Gasteiger charge is 2.15. The van der Waals surface area contributed by atoms with E-state index >= 15 is 0 Å². The summed E-state index contributed by atoms with van der Waals surface area (Å²) >= 11 is 3.47. The molecule has 0 aliphatic rings. The second-order valence-electron chi connectivity index (χ2n) is 6.07. The van der Waals surface area contributed by atoms with Crippen LogP contribution in [0.15, 0.2) is 53.0 Å². The van der Waals surface area contributed by atoms with E-state index in [0.29, 0.717) is 5.56 Å². The van der Waals surface area contributed by atoms with Gasteiger partial charge < -0.3 is 10.1 Å². The van der Waals surface area contributed by atoms with E-state index in [1.54, 1.807) is 7.11 Å². The van der Waals surface area contributed by atoms with Crippen LogP contribution in [0.4, 0.5) is 0 Å². The topological polar surface area (TPSA) is 51.2 Å². The van der Waals surface area contributed by atoms with Gasteiger partial charge in [-0.15, -0.1) is 0 Å². The molecule has 0 saturated heterocycles. The van der Waals surface area contributed by atoms with Crippen LogP contribution < -0.4 is 10.1 Å². The number of nitrogens with one attached hydrogen (secondary N) is 1. The van der Waals surface area contributed by atoms with E-state index in [1.807, 2.05) is 62.4 Å². The molecular weight excluding hydrogens is 380 g/mol. The van der Waals surface area contributed by atoms with Crippen molar-refractivity contribution in [3.05, 3.63) is 58.6 Å². The molecule has 0 fully saturated rings. The van der Waals surface area contributed by atoms with Crippen molar-refractivity contribution in [1.29, 1.82) is 0 Å². The van der Waals surface area contributed by atoms with Crippen molar-refractivity contribution >= 4 is 32.7 Å². The maximum atomic E-state index is 12.7. The van der Waals surface area contributed by atoms with E-state index < -0.39 is 0 Å². The highest BCUT2D eigenvalue weighted by molar-refractivity contribution is 9.10. The summed E-state index contributed by atoms with van der Waals surface area (Å²) in [6, 6.07) is 15.3. The van der Waals surface area contributed by atoms with Crippen LogP contribution in [-0.4, -0.2) is 24.0 Å². The summed E-state index contributed by atoms with van der Waals surface area (Å²) < 4.78 is 6.12. The molecule has 1 heterocycles. The van der Waals surface area contributed by atoms with Crippen LogP contribution in [0.1, 0.15) is 24.2 Å². The van der Waals surface area contributed by atoms with E-state index in [-0.39, 0.29) is 11.9 Å². The van der Waals surface area contributed by atoms with Crippen molar-refractivity contribution in [3.63, 3.8) is 0 Å². The summed E-state index contributed by atoms with van der Waals surface area (Å²) in [7, 11) is 1.63. The molecule has 0 saturated carbocycles. The fourth-order valence-corrected chi connectivity index (χ4v) is 3.00. The number of halogens is 1. The first-order valence-corrected chi connectivity index (χ1v) is 8.83. The van der Waals surface area contributed by atoms with Gasteiger partial charge in [0.1, 0.15) is 5.75 Å². The highest BCUT2D eigenvalue weighted by atomic mass is 79.9. The van der Waals surface area contributed by atoms with Gasteiger partial charge in [0, 0.05) is 21.5 Å². The smallest absolute Gasteiger partial charge is 0.252 e. The van der Waals surface area contributed by atoms with Gasteiger partial charge in [0.15, 0.2) is 0 Å². The molecule has 25 heavy (non-hydrogen) atoms. The maximum Gasteiger partial charge on any atom is 0.252 e. The molecule has 0 spiro atoms. The molecule has 0 bridgehead atoms. The number of hydrogen-bond acceptors (Lipinski definition) is 3. The van der Waals surface area contributed by atoms with Crippen molar-refractivity contribution < 1.29 is 9.53 Å². The minimum absolute atomic E-state index is 0.0623. The SMILES string of the molecule is COc1ccc(-c2cc(C(=O)NC(C)C)c3cc(Br)ccc3n2)cc1. The zero-order valence-corrected chi connectivity index (χ0v) is 15.9. The monoisotopic (exact) mass is 398 g/mol. The number of methoxy groups -OCH3 is 1. The number of rotatable bonds is 4. The Kier molecular flexibility index (Phi) is 5.04. The van der Waals surface area contributed by atoms with Crippen molar-refractivity contribution in [2.24, 2.45) is 0 Å². The number of nitrogens with zero attached hydrogens (tertiary/aromatic N) is 1. The Hall–Kier alpha value is -2.40. The lowest BCUT2D eigenvalue weighted by Crippen LogP contribution is -2.30. The lowest BCUT2D eigenvalue weighted by Gasteiger charge is -2.13. The van der Waals surface area contributed by atoms with Crippen molar-refractivity contribution in [1.82, 2.24) is 10.3 Å². The van der Waals surface area contributed by atoms with Crippen LogP contribution in [0.5, 0.6) is 5.75 Å². The Morgan fingerprint density at radius 1 is 1.12 bits per heavy atom. The molecule has 4 nitrogen and oxygen atoms in total. The maximum absolute atomic E-state index is 12.7. The third kappa shape index (κ3) is 3.82. The largest absolute Gasteiger partial charge is 0.497 e. The number of amides is 1. The molecule has 1 aromatic heterocycles. The number of fused-ring (bicyclic) bond motifs is 1. The standard InChI is InChI=1S/C20H19BrN2O2/c1-12(2)22-20(24)17-11-19(13-4-7-15(25-3)8-5-13)23-18-9-6-14(21)10-16(17)18/h4-12H,1-3H3,(H,22,24). The van der Waals surface area contributed by atoms with E-state index in [0.717, 1.165) is 32.4 Å². The fraction of sp³-hybridized carbons (Fsp3) is 0.200. The summed E-state index contributed by atoms with van der Waals surface area (Å²) in [6.45, 7) is 3.89. The van der Waals surface area contributed by atoms with Gasteiger partial charge in [-0.25, -0.2) is 4.98 Å². The minimum atomic E-state index is -0.102. The van der Waals surface area contributed by atoms with E-state index in [9.17, 15) is 4.79 Å². The normalized spacial score (nSPS) is 10.9. The zero-order valence-electron chi connectivity index (χ0n) is 14.3. The Balaban J connectivity index is 2.16. The number of benzene rings is 2. The quantitative estimate of drug-likeness (QED) is 0.685. The van der Waals surface area contributed by atoms with Crippen molar-refractivity contribution in [2.75, 3.05) is 7.11 Å². The summed E-state index contributed by atoms with van der Waals surface area (Å²) in [6.07, 6.45) is 0. The molecule has 0 aliphatic carbocycles. The van der Waals surface area contributed by atoms with Gasteiger partial charge in [-0.05, 0) is 62.4 Å². The summed E-state index contributed by atoms with van der Waals surface area (Å²) in [5.74, 6) is 0.682. The Morgan fingerprint density at radius 3 is 2.48 bits per heavy atom. The molecule has 0 unspecified atom stereocenters. The van der Waals surface area contributed by atoms with Gasteiger partial charge in [-0.3, -0.25) is 4.79 Å². The fourth-order valence-electron chi connectivity index (χ4n) is 2.64. The lowest BCUT2D eigenvalue weighted by atomic mass is 10.0. The average Bonchev–Trinajstić information content (AvgIpc) is 2.60. The van der Waals surface area contributed by atoms with E-state index in [1.165, 1.54) is 0 Å². The van der Waals surface area contributed by atoms with Crippen LogP contribution >= 0.6 is 15.9 Å². The first-order valence-electron chi connectivity index (χ1n) is 8.03. The number of aromatic nitrogens is 1. The van der Waals surface area contributed by atoms with Gasteiger partial charge in [0.25, 0.3) is 5.91 Å². The zero-order chi connectivity index (χ0) is 18.0. The molecule has 128 valence electrons. The second kappa shape index (κ2) is 7.23. The number of ether oxygens (including phenoxy) is 1. The van der Waals surface area contributed by atoms with Gasteiger partial charge in [0.05, 0.1) is 23.9 Å². The Bertz CT molecular complexity index is 921. The molecule has 5 heteroatoms. The van der Waals surface area contributed by atoms with Crippen LogP contribution in [0.2, 0.25) is 0 Å². The van der Waals surface area contributed by atoms with Gasteiger partial charge in [0.2, 0.25) is 0 Å². The Labute approximate surface area is 155 Å². The molecule has 1 N–H and O–H groups in total.